The molecule has 0 fully saturated rings. The second kappa shape index (κ2) is 12.5. The number of aryl methyl sites for hydroxylation is 1. The molecule has 2 N–H and O–H groups in total. The molecule has 0 atom stereocenters. The van der Waals surface area contributed by atoms with Gasteiger partial charge in [-0.1, -0.05) is 36.4 Å². The van der Waals surface area contributed by atoms with Crippen LogP contribution in [0.15, 0.2) is 64.5 Å². The summed E-state index contributed by atoms with van der Waals surface area (Å²) in [6.45, 7) is 2.44. The van der Waals surface area contributed by atoms with E-state index in [4.69, 9.17) is 0 Å². The van der Waals surface area contributed by atoms with Gasteiger partial charge in [-0.25, -0.2) is 0 Å². The number of aliphatic imine (C=N–C) groups is 1. The van der Waals surface area contributed by atoms with Gasteiger partial charge >= 0.3 is 0 Å². The Morgan fingerprint density at radius 2 is 1.72 bits per heavy atom. The van der Waals surface area contributed by atoms with Gasteiger partial charge in [0.15, 0.2) is 5.96 Å². The zero-order chi connectivity index (χ0) is 17.0. The van der Waals surface area contributed by atoms with Gasteiger partial charge in [-0.3, -0.25) is 9.79 Å². The number of pyridine rings is 1. The summed E-state index contributed by atoms with van der Waals surface area (Å²) in [5.41, 5.74) is 1.37. The van der Waals surface area contributed by atoms with E-state index in [-0.39, 0.29) is 29.5 Å². The van der Waals surface area contributed by atoms with Crippen molar-refractivity contribution in [1.82, 2.24) is 15.2 Å². The summed E-state index contributed by atoms with van der Waals surface area (Å²) in [6, 6.07) is 15.6. The monoisotopic (exact) mass is 454 g/mol. The SMILES string of the molecule is CN=C(NCCCCn1ccccc1=O)NCCc1ccccc1.I. The smallest absolute Gasteiger partial charge is 0.250 e. The number of nitrogens with one attached hydrogen (secondary N) is 2. The Morgan fingerprint density at radius 3 is 2.44 bits per heavy atom. The molecular formula is C19H27IN4O. The van der Waals surface area contributed by atoms with Crippen molar-refractivity contribution in [2.45, 2.75) is 25.8 Å². The lowest BCUT2D eigenvalue weighted by Gasteiger charge is -2.12. The highest BCUT2D eigenvalue weighted by molar-refractivity contribution is 14.0. The van der Waals surface area contributed by atoms with E-state index in [0.717, 1.165) is 44.9 Å². The number of nitrogens with zero attached hydrogens (tertiary/aromatic N) is 2. The maximum Gasteiger partial charge on any atom is 0.250 e. The van der Waals surface area contributed by atoms with Crippen LogP contribution in [-0.2, 0) is 13.0 Å². The number of unbranched alkanes of at least 4 members (excludes halogenated alkanes) is 1. The van der Waals surface area contributed by atoms with Gasteiger partial charge < -0.3 is 15.2 Å². The standard InChI is InChI=1S/C19H26N4O.HI/c1-20-19(22-14-12-17-9-3-2-4-10-17)21-13-6-8-16-23-15-7-5-11-18(23)24;/h2-5,7,9-11,15H,6,8,12-14,16H2,1H3,(H2,20,21,22);1H. The molecule has 0 bridgehead atoms. The third kappa shape index (κ3) is 8.20. The second-order valence-electron chi connectivity index (χ2n) is 5.60. The highest BCUT2D eigenvalue weighted by Crippen LogP contribution is 1.98. The molecular weight excluding hydrogens is 427 g/mol. The molecule has 0 amide bonds. The quantitative estimate of drug-likeness (QED) is 0.279. The van der Waals surface area contributed by atoms with Crippen LogP contribution in [0.2, 0.25) is 0 Å². The molecule has 0 aliphatic carbocycles. The van der Waals surface area contributed by atoms with Crippen LogP contribution in [-0.4, -0.2) is 30.7 Å². The number of benzene rings is 1. The van der Waals surface area contributed by atoms with Crippen molar-refractivity contribution in [1.29, 1.82) is 0 Å². The first-order valence-corrected chi connectivity index (χ1v) is 8.43. The topological polar surface area (TPSA) is 58.4 Å². The van der Waals surface area contributed by atoms with E-state index in [0.29, 0.717) is 0 Å². The van der Waals surface area contributed by atoms with Crippen molar-refractivity contribution in [3.8, 4) is 0 Å². The number of rotatable bonds is 8. The van der Waals surface area contributed by atoms with Gasteiger partial charge in [-0.05, 0) is 30.9 Å². The molecule has 136 valence electrons. The second-order valence-corrected chi connectivity index (χ2v) is 5.60. The zero-order valence-corrected chi connectivity index (χ0v) is 17.0. The van der Waals surface area contributed by atoms with E-state index in [2.05, 4.69) is 39.9 Å². The van der Waals surface area contributed by atoms with Crippen LogP contribution in [0.1, 0.15) is 18.4 Å². The molecule has 6 heteroatoms. The Morgan fingerprint density at radius 1 is 1.00 bits per heavy atom. The third-order valence-electron chi connectivity index (χ3n) is 3.79. The largest absolute Gasteiger partial charge is 0.356 e. The van der Waals surface area contributed by atoms with E-state index in [1.807, 2.05) is 18.3 Å². The summed E-state index contributed by atoms with van der Waals surface area (Å²) in [5.74, 6) is 0.822. The molecule has 0 aliphatic rings. The molecule has 2 aromatic rings. The number of guanidine groups is 1. The molecule has 0 spiro atoms. The van der Waals surface area contributed by atoms with Crippen LogP contribution in [0.25, 0.3) is 0 Å². The Hall–Kier alpha value is -1.83. The summed E-state index contributed by atoms with van der Waals surface area (Å²) in [4.78, 5) is 15.8. The zero-order valence-electron chi connectivity index (χ0n) is 14.6. The van der Waals surface area contributed by atoms with Gasteiger partial charge in [0.05, 0.1) is 0 Å². The van der Waals surface area contributed by atoms with Crippen molar-refractivity contribution in [3.63, 3.8) is 0 Å². The predicted molar refractivity (Wildman–Crippen MR) is 115 cm³/mol. The highest BCUT2D eigenvalue weighted by Gasteiger charge is 1.98. The maximum absolute atomic E-state index is 11.6. The minimum Gasteiger partial charge on any atom is -0.356 e. The normalized spacial score (nSPS) is 10.8. The molecule has 25 heavy (non-hydrogen) atoms. The minimum atomic E-state index is 0. The van der Waals surface area contributed by atoms with Crippen LogP contribution in [0.5, 0.6) is 0 Å². The summed E-state index contributed by atoms with van der Waals surface area (Å²) in [5, 5.41) is 6.63. The van der Waals surface area contributed by atoms with E-state index in [1.54, 1.807) is 23.7 Å². The first kappa shape index (κ1) is 21.2. The molecule has 0 saturated heterocycles. The first-order valence-electron chi connectivity index (χ1n) is 8.43. The minimum absolute atomic E-state index is 0. The maximum atomic E-state index is 11.6. The summed E-state index contributed by atoms with van der Waals surface area (Å²) >= 11 is 0. The summed E-state index contributed by atoms with van der Waals surface area (Å²) in [7, 11) is 1.78. The van der Waals surface area contributed by atoms with Gasteiger partial charge in [-0.15, -0.1) is 24.0 Å². The van der Waals surface area contributed by atoms with E-state index in [1.165, 1.54) is 5.56 Å². The van der Waals surface area contributed by atoms with E-state index < -0.39 is 0 Å². The average molecular weight is 454 g/mol. The van der Waals surface area contributed by atoms with Gasteiger partial charge in [0.1, 0.15) is 0 Å². The van der Waals surface area contributed by atoms with Crippen LogP contribution in [0.4, 0.5) is 0 Å². The highest BCUT2D eigenvalue weighted by atomic mass is 127. The van der Waals surface area contributed by atoms with Crippen molar-refractivity contribution in [2.24, 2.45) is 4.99 Å². The van der Waals surface area contributed by atoms with E-state index in [9.17, 15) is 4.79 Å². The van der Waals surface area contributed by atoms with Gasteiger partial charge in [-0.2, -0.15) is 0 Å². The third-order valence-corrected chi connectivity index (χ3v) is 3.79. The van der Waals surface area contributed by atoms with E-state index >= 15 is 0 Å². The lowest BCUT2D eigenvalue weighted by atomic mass is 10.1. The molecule has 2 rings (SSSR count). The van der Waals surface area contributed by atoms with Gasteiger partial charge in [0.2, 0.25) is 5.56 Å². The Kier molecular flexibility index (Phi) is 10.6. The van der Waals surface area contributed by atoms with Crippen LogP contribution in [0, 0.1) is 0 Å². The number of halogens is 1. The molecule has 0 unspecified atom stereocenters. The molecule has 1 heterocycles. The number of hydrogen-bond acceptors (Lipinski definition) is 2. The lowest BCUT2D eigenvalue weighted by Crippen LogP contribution is -2.38. The molecule has 1 aromatic carbocycles. The fourth-order valence-corrected chi connectivity index (χ4v) is 2.45. The molecule has 5 nitrogen and oxygen atoms in total. The van der Waals surface area contributed by atoms with Crippen molar-refractivity contribution < 1.29 is 0 Å². The predicted octanol–water partition coefficient (Wildman–Crippen LogP) is 2.65. The fraction of sp³-hybridized carbons (Fsp3) is 0.368. The van der Waals surface area contributed by atoms with Crippen LogP contribution in [0.3, 0.4) is 0 Å². The molecule has 0 radical (unpaired) electrons. The lowest BCUT2D eigenvalue weighted by molar-refractivity contribution is 0.585. The van der Waals surface area contributed by atoms with Crippen LogP contribution < -0.4 is 16.2 Å². The van der Waals surface area contributed by atoms with Crippen molar-refractivity contribution in [3.05, 3.63) is 70.6 Å². The summed E-state index contributed by atoms with van der Waals surface area (Å²) in [6.07, 6.45) is 4.75. The van der Waals surface area contributed by atoms with Crippen molar-refractivity contribution in [2.75, 3.05) is 20.1 Å². The first-order chi connectivity index (χ1) is 11.8. The Labute approximate surface area is 166 Å². The van der Waals surface area contributed by atoms with Gasteiger partial charge in [0.25, 0.3) is 0 Å². The molecule has 1 aromatic heterocycles. The van der Waals surface area contributed by atoms with Crippen molar-refractivity contribution >= 4 is 29.9 Å². The molecule has 0 saturated carbocycles. The summed E-state index contributed by atoms with van der Waals surface area (Å²) < 4.78 is 1.74. The average Bonchev–Trinajstić information content (AvgIpc) is 2.62. The molecule has 0 aliphatic heterocycles. The Bertz CT molecular complexity index is 685. The van der Waals surface area contributed by atoms with Gasteiger partial charge in [0, 0.05) is 38.9 Å². The van der Waals surface area contributed by atoms with Crippen LogP contribution >= 0.6 is 24.0 Å². The number of hydrogen-bond donors (Lipinski definition) is 2. The Balaban J connectivity index is 0.00000312. The fourth-order valence-electron chi connectivity index (χ4n) is 2.45. The number of aromatic nitrogens is 1.